The van der Waals surface area contributed by atoms with Crippen LogP contribution in [0.3, 0.4) is 0 Å². The van der Waals surface area contributed by atoms with Crippen molar-refractivity contribution in [3.63, 3.8) is 0 Å². The minimum atomic E-state index is -3.70. The van der Waals surface area contributed by atoms with Crippen molar-refractivity contribution in [2.75, 3.05) is 0 Å². The summed E-state index contributed by atoms with van der Waals surface area (Å²) in [6, 6.07) is 14.3. The van der Waals surface area contributed by atoms with Crippen molar-refractivity contribution < 1.29 is 13.2 Å². The second-order valence-electron chi connectivity index (χ2n) is 6.07. The Morgan fingerprint density at radius 2 is 1.60 bits per heavy atom. The Bertz CT molecular complexity index is 813. The van der Waals surface area contributed by atoms with Gasteiger partial charge in [0.1, 0.15) is 0 Å². The van der Waals surface area contributed by atoms with Gasteiger partial charge in [-0.1, -0.05) is 43.3 Å². The van der Waals surface area contributed by atoms with Gasteiger partial charge in [-0.3, -0.25) is 4.79 Å². The molecule has 0 heterocycles. The van der Waals surface area contributed by atoms with Gasteiger partial charge in [0, 0.05) is 6.42 Å². The number of hydrogen-bond donors (Lipinski definition) is 2. The summed E-state index contributed by atoms with van der Waals surface area (Å²) < 4.78 is 22.5. The van der Waals surface area contributed by atoms with E-state index in [1.165, 1.54) is 17.7 Å². The molecule has 1 amide bonds. The highest BCUT2D eigenvalue weighted by atomic mass is 32.2. The van der Waals surface area contributed by atoms with Gasteiger partial charge in [0.15, 0.2) is 0 Å². The van der Waals surface area contributed by atoms with Crippen molar-refractivity contribution in [1.82, 2.24) is 5.32 Å². The monoisotopic (exact) mass is 360 g/mol. The number of hydrogen-bond acceptors (Lipinski definition) is 3. The predicted molar refractivity (Wildman–Crippen MR) is 98.5 cm³/mol. The van der Waals surface area contributed by atoms with Crippen molar-refractivity contribution in [3.05, 3.63) is 65.2 Å². The van der Waals surface area contributed by atoms with Gasteiger partial charge in [0.25, 0.3) is 0 Å². The summed E-state index contributed by atoms with van der Waals surface area (Å²) >= 11 is 0. The number of carbonyl (C=O) groups is 1. The normalized spacial score (nSPS) is 12.6. The molecule has 2 aromatic carbocycles. The molecule has 0 saturated heterocycles. The maximum Gasteiger partial charge on any atom is 0.238 e. The van der Waals surface area contributed by atoms with E-state index in [-0.39, 0.29) is 16.8 Å². The topological polar surface area (TPSA) is 89.3 Å². The van der Waals surface area contributed by atoms with Gasteiger partial charge in [-0.25, -0.2) is 13.6 Å². The van der Waals surface area contributed by atoms with E-state index in [1.54, 1.807) is 12.1 Å². The molecular weight excluding hydrogens is 336 g/mol. The number of nitrogens with one attached hydrogen (secondary N) is 1. The number of amides is 1. The number of nitrogens with two attached hydrogens (primary N) is 1. The SMILES string of the molecule is CCc1ccc(CCC(=O)NC(C)c2ccc(S(N)(=O)=O)cc2)cc1. The molecule has 1 atom stereocenters. The average Bonchev–Trinajstić information content (AvgIpc) is 2.59. The fourth-order valence-electron chi connectivity index (χ4n) is 2.54. The van der Waals surface area contributed by atoms with E-state index in [0.717, 1.165) is 17.5 Å². The molecule has 3 N–H and O–H groups in total. The summed E-state index contributed by atoms with van der Waals surface area (Å²) in [4.78, 5) is 12.2. The van der Waals surface area contributed by atoms with Gasteiger partial charge in [-0.15, -0.1) is 0 Å². The van der Waals surface area contributed by atoms with E-state index in [9.17, 15) is 13.2 Å². The first-order valence-electron chi connectivity index (χ1n) is 8.29. The Labute approximate surface area is 149 Å². The van der Waals surface area contributed by atoms with Crippen LogP contribution in [0.15, 0.2) is 53.4 Å². The fraction of sp³-hybridized carbons (Fsp3) is 0.316. The minimum absolute atomic E-state index is 0.0393. The molecule has 2 aromatic rings. The third-order valence-electron chi connectivity index (χ3n) is 4.16. The minimum Gasteiger partial charge on any atom is -0.350 e. The second-order valence-corrected chi connectivity index (χ2v) is 7.63. The molecule has 0 aliphatic rings. The molecule has 5 nitrogen and oxygen atoms in total. The molecule has 1 unspecified atom stereocenters. The molecule has 2 rings (SSSR count). The lowest BCUT2D eigenvalue weighted by molar-refractivity contribution is -0.121. The smallest absolute Gasteiger partial charge is 0.238 e. The zero-order valence-electron chi connectivity index (χ0n) is 14.5. The van der Waals surface area contributed by atoms with Gasteiger partial charge in [-0.05, 0) is 48.6 Å². The molecule has 0 spiro atoms. The molecular formula is C19H24N2O3S. The Balaban J connectivity index is 1.88. The lowest BCUT2D eigenvalue weighted by Gasteiger charge is -2.15. The molecule has 0 aromatic heterocycles. The van der Waals surface area contributed by atoms with E-state index in [0.29, 0.717) is 12.8 Å². The quantitative estimate of drug-likeness (QED) is 0.795. The highest BCUT2D eigenvalue weighted by molar-refractivity contribution is 7.89. The predicted octanol–water partition coefficient (Wildman–Crippen LogP) is 2.71. The Hall–Kier alpha value is -2.18. The number of sulfonamides is 1. The van der Waals surface area contributed by atoms with E-state index >= 15 is 0 Å². The average molecular weight is 360 g/mol. The maximum absolute atomic E-state index is 12.1. The van der Waals surface area contributed by atoms with Crippen molar-refractivity contribution in [3.8, 4) is 0 Å². The van der Waals surface area contributed by atoms with Gasteiger partial charge in [-0.2, -0.15) is 0 Å². The van der Waals surface area contributed by atoms with Crippen LogP contribution in [-0.4, -0.2) is 14.3 Å². The summed E-state index contributed by atoms with van der Waals surface area (Å²) in [5, 5.41) is 8.01. The van der Waals surface area contributed by atoms with Crippen LogP contribution in [0.5, 0.6) is 0 Å². The Morgan fingerprint density at radius 1 is 1.04 bits per heavy atom. The first-order valence-corrected chi connectivity index (χ1v) is 9.84. The van der Waals surface area contributed by atoms with Crippen LogP contribution in [0.4, 0.5) is 0 Å². The van der Waals surface area contributed by atoms with Gasteiger partial charge >= 0.3 is 0 Å². The van der Waals surface area contributed by atoms with Crippen LogP contribution in [0.1, 0.15) is 43.0 Å². The second kappa shape index (κ2) is 8.27. The van der Waals surface area contributed by atoms with Gasteiger partial charge in [0.05, 0.1) is 10.9 Å². The third kappa shape index (κ3) is 5.69. The first kappa shape index (κ1) is 19.1. The number of rotatable bonds is 7. The lowest BCUT2D eigenvalue weighted by atomic mass is 10.1. The number of benzene rings is 2. The summed E-state index contributed by atoms with van der Waals surface area (Å²) in [6.07, 6.45) is 2.10. The molecule has 134 valence electrons. The maximum atomic E-state index is 12.1. The van der Waals surface area contributed by atoms with Gasteiger partial charge in [0.2, 0.25) is 15.9 Å². The molecule has 0 aliphatic heterocycles. The summed E-state index contributed by atoms with van der Waals surface area (Å²) in [6.45, 7) is 3.97. The zero-order valence-corrected chi connectivity index (χ0v) is 15.3. The molecule has 0 radical (unpaired) electrons. The summed E-state index contributed by atoms with van der Waals surface area (Å²) in [5.74, 6) is -0.0393. The van der Waals surface area contributed by atoms with E-state index in [1.807, 2.05) is 6.92 Å². The standard InChI is InChI=1S/C19H24N2O3S/c1-3-15-4-6-16(7-5-15)8-13-19(22)21-14(2)17-9-11-18(12-10-17)25(20,23)24/h4-7,9-12,14H,3,8,13H2,1-2H3,(H,21,22)(H2,20,23,24). The summed E-state index contributed by atoms with van der Waals surface area (Å²) in [5.41, 5.74) is 3.25. The zero-order chi connectivity index (χ0) is 18.4. The van der Waals surface area contributed by atoms with Gasteiger partial charge < -0.3 is 5.32 Å². The molecule has 0 saturated carbocycles. The number of aryl methyl sites for hydroxylation is 2. The van der Waals surface area contributed by atoms with Crippen molar-refractivity contribution in [1.29, 1.82) is 0 Å². The van der Waals surface area contributed by atoms with Crippen molar-refractivity contribution in [2.45, 2.75) is 44.0 Å². The molecule has 0 bridgehead atoms. The van der Waals surface area contributed by atoms with Crippen LogP contribution < -0.4 is 10.5 Å². The fourth-order valence-corrected chi connectivity index (χ4v) is 3.06. The van der Waals surface area contributed by atoms with E-state index in [2.05, 4.69) is 36.5 Å². The first-order chi connectivity index (χ1) is 11.8. The molecule has 0 fully saturated rings. The van der Waals surface area contributed by atoms with Crippen LogP contribution >= 0.6 is 0 Å². The number of primary sulfonamides is 1. The largest absolute Gasteiger partial charge is 0.350 e. The van der Waals surface area contributed by atoms with Crippen LogP contribution in [-0.2, 0) is 27.7 Å². The Kier molecular flexibility index (Phi) is 6.33. The highest BCUT2D eigenvalue weighted by Gasteiger charge is 2.12. The van der Waals surface area contributed by atoms with E-state index in [4.69, 9.17) is 5.14 Å². The molecule has 0 aliphatic carbocycles. The van der Waals surface area contributed by atoms with E-state index < -0.39 is 10.0 Å². The lowest BCUT2D eigenvalue weighted by Crippen LogP contribution is -2.26. The highest BCUT2D eigenvalue weighted by Crippen LogP contribution is 2.16. The van der Waals surface area contributed by atoms with Crippen molar-refractivity contribution >= 4 is 15.9 Å². The van der Waals surface area contributed by atoms with Crippen LogP contribution in [0.2, 0.25) is 0 Å². The summed E-state index contributed by atoms with van der Waals surface area (Å²) in [7, 11) is -3.70. The number of carbonyl (C=O) groups excluding carboxylic acids is 1. The third-order valence-corrected chi connectivity index (χ3v) is 5.09. The molecule has 6 heteroatoms. The van der Waals surface area contributed by atoms with Crippen molar-refractivity contribution in [2.24, 2.45) is 5.14 Å². The molecule has 25 heavy (non-hydrogen) atoms. The van der Waals surface area contributed by atoms with Crippen LogP contribution in [0, 0.1) is 0 Å². The van der Waals surface area contributed by atoms with Crippen LogP contribution in [0.25, 0.3) is 0 Å². The Morgan fingerprint density at radius 3 is 2.12 bits per heavy atom.